The maximum Gasteiger partial charge on any atom is 0.145 e. The highest BCUT2D eigenvalue weighted by atomic mass is 35.5. The number of rotatable bonds is 3. The zero-order valence-electron chi connectivity index (χ0n) is 8.47. The molecule has 1 aliphatic carbocycles. The maximum atomic E-state index is 13.5. The first-order valence-electron chi connectivity index (χ1n) is 5.05. The average Bonchev–Trinajstić information content (AvgIpc) is 2.91. The van der Waals surface area contributed by atoms with Crippen molar-refractivity contribution >= 4 is 17.4 Å². The predicted octanol–water partition coefficient (Wildman–Crippen LogP) is 3.25. The minimum absolute atomic E-state index is 0.0872. The van der Waals surface area contributed by atoms with Crippen molar-refractivity contribution in [2.45, 2.75) is 19.8 Å². The van der Waals surface area contributed by atoms with E-state index in [1.807, 2.05) is 6.92 Å². The summed E-state index contributed by atoms with van der Waals surface area (Å²) in [6.07, 6.45) is 1.11. The second kappa shape index (κ2) is 3.93. The van der Waals surface area contributed by atoms with E-state index in [1.54, 1.807) is 12.1 Å². The van der Waals surface area contributed by atoms with Gasteiger partial charge < -0.3 is 0 Å². The van der Waals surface area contributed by atoms with Crippen LogP contribution >= 0.6 is 11.6 Å². The van der Waals surface area contributed by atoms with E-state index >= 15 is 0 Å². The summed E-state index contributed by atoms with van der Waals surface area (Å²) < 4.78 is 13.5. The summed E-state index contributed by atoms with van der Waals surface area (Å²) in [6.45, 7) is 2.04. The topological polar surface area (TPSA) is 17.1 Å². The lowest BCUT2D eigenvalue weighted by Gasteiger charge is -2.03. The van der Waals surface area contributed by atoms with Crippen LogP contribution in [0.15, 0.2) is 18.2 Å². The van der Waals surface area contributed by atoms with Gasteiger partial charge in [0, 0.05) is 12.3 Å². The van der Waals surface area contributed by atoms with Crippen molar-refractivity contribution in [3.05, 3.63) is 34.6 Å². The van der Waals surface area contributed by atoms with Gasteiger partial charge in [0.25, 0.3) is 0 Å². The summed E-state index contributed by atoms with van der Waals surface area (Å²) in [4.78, 5) is 11.6. The van der Waals surface area contributed by atoms with Gasteiger partial charge in [0.05, 0.1) is 5.02 Å². The van der Waals surface area contributed by atoms with Crippen LogP contribution in [0.4, 0.5) is 4.39 Å². The summed E-state index contributed by atoms with van der Waals surface area (Å²) in [5.74, 6) is 0.285. The number of Topliss-reactive ketones (excluding diaryl/α,β-unsaturated/α-hetero) is 1. The average molecular weight is 227 g/mol. The quantitative estimate of drug-likeness (QED) is 0.773. The van der Waals surface area contributed by atoms with E-state index in [0.717, 1.165) is 6.42 Å². The van der Waals surface area contributed by atoms with Crippen molar-refractivity contribution in [1.29, 1.82) is 0 Å². The first kappa shape index (κ1) is 10.6. The Kier molecular flexibility index (Phi) is 2.79. The standard InChI is InChI=1S/C12H12ClFO/c1-7-5-9(7)11(15)6-8-3-2-4-10(13)12(8)14/h2-4,7,9H,5-6H2,1H3. The number of carbonyl (C=O) groups is 1. The van der Waals surface area contributed by atoms with Gasteiger partial charge in [-0.25, -0.2) is 4.39 Å². The van der Waals surface area contributed by atoms with Crippen LogP contribution in [-0.4, -0.2) is 5.78 Å². The van der Waals surface area contributed by atoms with Crippen molar-refractivity contribution in [3.8, 4) is 0 Å². The van der Waals surface area contributed by atoms with Crippen molar-refractivity contribution in [3.63, 3.8) is 0 Å². The molecular formula is C12H12ClFO. The molecular weight excluding hydrogens is 215 g/mol. The van der Waals surface area contributed by atoms with Crippen molar-refractivity contribution in [2.75, 3.05) is 0 Å². The first-order chi connectivity index (χ1) is 7.09. The summed E-state index contributed by atoms with van der Waals surface area (Å²) in [7, 11) is 0. The molecule has 15 heavy (non-hydrogen) atoms. The van der Waals surface area contributed by atoms with Crippen LogP contribution in [0.25, 0.3) is 0 Å². The molecule has 1 aliphatic rings. The fraction of sp³-hybridized carbons (Fsp3) is 0.417. The molecule has 0 heterocycles. The number of benzene rings is 1. The van der Waals surface area contributed by atoms with Crippen molar-refractivity contribution < 1.29 is 9.18 Å². The second-order valence-corrected chi connectivity index (χ2v) is 4.58. The SMILES string of the molecule is CC1CC1C(=O)Cc1cccc(Cl)c1F. The lowest BCUT2D eigenvalue weighted by molar-refractivity contribution is -0.119. The van der Waals surface area contributed by atoms with Crippen LogP contribution in [0.3, 0.4) is 0 Å². The number of ketones is 1. The Morgan fingerprint density at radius 1 is 1.60 bits per heavy atom. The molecule has 1 aromatic carbocycles. The molecule has 0 N–H and O–H groups in total. The van der Waals surface area contributed by atoms with Crippen LogP contribution in [0.2, 0.25) is 5.02 Å². The van der Waals surface area contributed by atoms with Gasteiger partial charge in [-0.15, -0.1) is 0 Å². The largest absolute Gasteiger partial charge is 0.299 e. The summed E-state index contributed by atoms with van der Waals surface area (Å²) in [5, 5.41) is 0.0872. The number of carbonyl (C=O) groups excluding carboxylic acids is 1. The lowest BCUT2D eigenvalue weighted by atomic mass is 10.0. The van der Waals surface area contributed by atoms with Crippen LogP contribution in [0.5, 0.6) is 0 Å². The molecule has 0 saturated heterocycles. The molecule has 0 amide bonds. The summed E-state index contributed by atoms with van der Waals surface area (Å²) in [5.41, 5.74) is 0.409. The molecule has 0 bridgehead atoms. The van der Waals surface area contributed by atoms with Crippen molar-refractivity contribution in [2.24, 2.45) is 11.8 Å². The molecule has 80 valence electrons. The van der Waals surface area contributed by atoms with Crippen LogP contribution in [0.1, 0.15) is 18.9 Å². The van der Waals surface area contributed by atoms with E-state index in [0.29, 0.717) is 11.5 Å². The minimum atomic E-state index is -0.458. The Morgan fingerprint density at radius 3 is 2.87 bits per heavy atom. The molecule has 3 heteroatoms. The Balaban J connectivity index is 2.10. The normalized spacial score (nSPS) is 23.9. The molecule has 2 rings (SSSR count). The van der Waals surface area contributed by atoms with E-state index in [-0.39, 0.29) is 23.1 Å². The highest BCUT2D eigenvalue weighted by molar-refractivity contribution is 6.30. The minimum Gasteiger partial charge on any atom is -0.299 e. The maximum absolute atomic E-state index is 13.5. The molecule has 1 saturated carbocycles. The molecule has 1 nitrogen and oxygen atoms in total. The van der Waals surface area contributed by atoms with Crippen LogP contribution in [-0.2, 0) is 11.2 Å². The fourth-order valence-corrected chi connectivity index (χ4v) is 1.97. The predicted molar refractivity (Wildman–Crippen MR) is 57.4 cm³/mol. The highest BCUT2D eigenvalue weighted by Crippen LogP contribution is 2.39. The monoisotopic (exact) mass is 226 g/mol. The zero-order chi connectivity index (χ0) is 11.0. The molecule has 0 radical (unpaired) electrons. The van der Waals surface area contributed by atoms with E-state index < -0.39 is 5.82 Å². The smallest absolute Gasteiger partial charge is 0.145 e. The molecule has 2 unspecified atom stereocenters. The number of hydrogen-bond donors (Lipinski definition) is 0. The lowest BCUT2D eigenvalue weighted by Crippen LogP contribution is -2.07. The molecule has 1 fully saturated rings. The summed E-state index contributed by atoms with van der Waals surface area (Å²) in [6, 6.07) is 4.78. The number of hydrogen-bond acceptors (Lipinski definition) is 1. The third-order valence-electron chi connectivity index (χ3n) is 2.92. The van der Waals surface area contributed by atoms with E-state index in [4.69, 9.17) is 11.6 Å². The molecule has 2 atom stereocenters. The van der Waals surface area contributed by atoms with Gasteiger partial charge in [-0.2, -0.15) is 0 Å². The van der Waals surface area contributed by atoms with Gasteiger partial charge in [0.1, 0.15) is 11.6 Å². The molecule has 0 spiro atoms. The Morgan fingerprint density at radius 2 is 2.27 bits per heavy atom. The van der Waals surface area contributed by atoms with Gasteiger partial charge in [-0.3, -0.25) is 4.79 Å². The second-order valence-electron chi connectivity index (χ2n) is 4.18. The Hall–Kier alpha value is -0.890. The zero-order valence-corrected chi connectivity index (χ0v) is 9.22. The van der Waals surface area contributed by atoms with Gasteiger partial charge in [-0.1, -0.05) is 30.7 Å². The van der Waals surface area contributed by atoms with Crippen LogP contribution < -0.4 is 0 Å². The van der Waals surface area contributed by atoms with Crippen molar-refractivity contribution in [1.82, 2.24) is 0 Å². The van der Waals surface area contributed by atoms with E-state index in [2.05, 4.69) is 0 Å². The molecule has 0 aliphatic heterocycles. The van der Waals surface area contributed by atoms with E-state index in [9.17, 15) is 9.18 Å². The Labute approximate surface area is 93.2 Å². The molecule has 1 aromatic rings. The van der Waals surface area contributed by atoms with Gasteiger partial charge >= 0.3 is 0 Å². The third kappa shape index (κ3) is 2.20. The first-order valence-corrected chi connectivity index (χ1v) is 5.43. The van der Waals surface area contributed by atoms with E-state index in [1.165, 1.54) is 6.07 Å². The van der Waals surface area contributed by atoms with Gasteiger partial charge in [0.2, 0.25) is 0 Å². The van der Waals surface area contributed by atoms with Gasteiger partial charge in [-0.05, 0) is 24.0 Å². The summed E-state index contributed by atoms with van der Waals surface area (Å²) >= 11 is 5.63. The molecule has 0 aromatic heterocycles. The van der Waals surface area contributed by atoms with Gasteiger partial charge in [0.15, 0.2) is 0 Å². The third-order valence-corrected chi connectivity index (χ3v) is 3.21. The Bertz CT molecular complexity index is 403. The highest BCUT2D eigenvalue weighted by Gasteiger charge is 2.38. The van der Waals surface area contributed by atoms with Crippen LogP contribution in [0, 0.1) is 17.7 Å². The fourth-order valence-electron chi connectivity index (χ4n) is 1.77. The number of halogens is 2.